The fraction of sp³-hybridized carbons (Fsp3) is 0.176. The van der Waals surface area contributed by atoms with E-state index in [-0.39, 0.29) is 0 Å². The SMILES string of the molecule is Cc1cc(Br)ccc1N=Cc1ccc(O[C@@H](C)C(=O)O)cc1. The third-order valence-electron chi connectivity index (χ3n) is 3.05. The number of benzene rings is 2. The van der Waals surface area contributed by atoms with Gasteiger partial charge in [0.15, 0.2) is 6.10 Å². The van der Waals surface area contributed by atoms with E-state index in [4.69, 9.17) is 9.84 Å². The van der Waals surface area contributed by atoms with Crippen molar-refractivity contribution in [2.24, 2.45) is 4.99 Å². The van der Waals surface area contributed by atoms with Crippen molar-refractivity contribution in [2.75, 3.05) is 0 Å². The van der Waals surface area contributed by atoms with Gasteiger partial charge in [-0.05, 0) is 67.4 Å². The normalized spacial score (nSPS) is 12.3. The predicted octanol–water partition coefficient (Wildman–Crippen LogP) is 4.36. The Balaban J connectivity index is 2.07. The highest BCUT2D eigenvalue weighted by Gasteiger charge is 2.11. The van der Waals surface area contributed by atoms with E-state index in [1.54, 1.807) is 18.3 Å². The topological polar surface area (TPSA) is 58.9 Å². The van der Waals surface area contributed by atoms with Gasteiger partial charge in [-0.1, -0.05) is 15.9 Å². The van der Waals surface area contributed by atoms with Crippen LogP contribution in [0.5, 0.6) is 5.75 Å². The fourth-order valence-electron chi connectivity index (χ4n) is 1.79. The number of carboxylic acids is 1. The molecule has 114 valence electrons. The highest BCUT2D eigenvalue weighted by Crippen LogP contribution is 2.22. The number of nitrogens with zero attached hydrogens (tertiary/aromatic N) is 1. The first-order valence-electron chi connectivity index (χ1n) is 6.75. The van der Waals surface area contributed by atoms with Gasteiger partial charge in [0.05, 0.1) is 5.69 Å². The number of halogens is 1. The number of carbonyl (C=O) groups is 1. The summed E-state index contributed by atoms with van der Waals surface area (Å²) >= 11 is 3.42. The van der Waals surface area contributed by atoms with Crippen LogP contribution in [0.2, 0.25) is 0 Å². The number of rotatable bonds is 5. The highest BCUT2D eigenvalue weighted by atomic mass is 79.9. The summed E-state index contributed by atoms with van der Waals surface area (Å²) in [6.07, 6.45) is 0.894. The Morgan fingerprint density at radius 1 is 1.27 bits per heavy atom. The van der Waals surface area contributed by atoms with E-state index >= 15 is 0 Å². The summed E-state index contributed by atoms with van der Waals surface area (Å²) in [4.78, 5) is 15.2. The molecule has 1 N–H and O–H groups in total. The van der Waals surface area contributed by atoms with Crippen LogP contribution in [0.25, 0.3) is 0 Å². The molecule has 5 heteroatoms. The van der Waals surface area contributed by atoms with Crippen LogP contribution in [-0.4, -0.2) is 23.4 Å². The minimum Gasteiger partial charge on any atom is -0.479 e. The number of carboxylic acid groups (broad SMARTS) is 1. The minimum absolute atomic E-state index is 0.520. The van der Waals surface area contributed by atoms with Crippen molar-refractivity contribution in [3.8, 4) is 5.75 Å². The smallest absolute Gasteiger partial charge is 0.344 e. The van der Waals surface area contributed by atoms with Crippen LogP contribution >= 0.6 is 15.9 Å². The second kappa shape index (κ2) is 7.22. The van der Waals surface area contributed by atoms with Crippen LogP contribution in [-0.2, 0) is 4.79 Å². The molecule has 4 nitrogen and oxygen atoms in total. The molecule has 0 radical (unpaired) electrons. The van der Waals surface area contributed by atoms with Crippen molar-refractivity contribution >= 4 is 33.8 Å². The molecule has 0 heterocycles. The van der Waals surface area contributed by atoms with Crippen molar-refractivity contribution in [2.45, 2.75) is 20.0 Å². The maximum absolute atomic E-state index is 10.7. The predicted molar refractivity (Wildman–Crippen MR) is 90.3 cm³/mol. The molecule has 0 saturated carbocycles. The Morgan fingerprint density at radius 3 is 2.55 bits per heavy atom. The van der Waals surface area contributed by atoms with Gasteiger partial charge in [0.1, 0.15) is 5.75 Å². The first kappa shape index (κ1) is 16.2. The number of ether oxygens (including phenoxy) is 1. The van der Waals surface area contributed by atoms with Gasteiger partial charge in [-0.15, -0.1) is 0 Å². The van der Waals surface area contributed by atoms with Crippen LogP contribution < -0.4 is 4.74 Å². The maximum Gasteiger partial charge on any atom is 0.344 e. The van der Waals surface area contributed by atoms with E-state index in [0.717, 1.165) is 21.3 Å². The second-order valence-corrected chi connectivity index (χ2v) is 5.77. The minimum atomic E-state index is -0.989. The third kappa shape index (κ3) is 4.43. The van der Waals surface area contributed by atoms with Crippen molar-refractivity contribution in [1.29, 1.82) is 0 Å². The molecule has 2 aromatic carbocycles. The second-order valence-electron chi connectivity index (χ2n) is 4.86. The van der Waals surface area contributed by atoms with Gasteiger partial charge in [-0.25, -0.2) is 4.79 Å². The lowest BCUT2D eigenvalue weighted by Crippen LogP contribution is -2.22. The van der Waals surface area contributed by atoms with Crippen molar-refractivity contribution in [3.05, 3.63) is 58.1 Å². The number of hydrogen-bond donors (Lipinski definition) is 1. The lowest BCUT2D eigenvalue weighted by molar-refractivity contribution is -0.144. The number of aliphatic carboxylic acids is 1. The molecule has 0 fully saturated rings. The van der Waals surface area contributed by atoms with Gasteiger partial charge in [0.2, 0.25) is 0 Å². The largest absolute Gasteiger partial charge is 0.479 e. The number of aryl methyl sites for hydroxylation is 1. The first-order valence-corrected chi connectivity index (χ1v) is 7.55. The van der Waals surface area contributed by atoms with Gasteiger partial charge in [0.25, 0.3) is 0 Å². The van der Waals surface area contributed by atoms with E-state index in [9.17, 15) is 4.79 Å². The van der Waals surface area contributed by atoms with Crippen LogP contribution in [0.1, 0.15) is 18.1 Å². The van der Waals surface area contributed by atoms with Gasteiger partial charge < -0.3 is 9.84 Å². The number of aliphatic imine (C=N–C) groups is 1. The zero-order valence-electron chi connectivity index (χ0n) is 12.3. The molecular formula is C17H16BrNO3. The fourth-order valence-corrected chi connectivity index (χ4v) is 2.27. The van der Waals surface area contributed by atoms with E-state index in [1.165, 1.54) is 6.92 Å². The lowest BCUT2D eigenvalue weighted by atomic mass is 10.2. The molecule has 0 bridgehead atoms. The molecule has 0 saturated heterocycles. The summed E-state index contributed by atoms with van der Waals surface area (Å²) in [7, 11) is 0. The molecule has 0 aromatic heterocycles. The maximum atomic E-state index is 10.7. The van der Waals surface area contributed by atoms with Crippen molar-refractivity contribution < 1.29 is 14.6 Å². The van der Waals surface area contributed by atoms with Crippen molar-refractivity contribution in [1.82, 2.24) is 0 Å². The monoisotopic (exact) mass is 361 g/mol. The third-order valence-corrected chi connectivity index (χ3v) is 3.55. The van der Waals surface area contributed by atoms with Crippen LogP contribution in [0.3, 0.4) is 0 Å². The molecule has 2 aromatic rings. The van der Waals surface area contributed by atoms with E-state index in [2.05, 4.69) is 20.9 Å². The quantitative estimate of drug-likeness (QED) is 0.804. The zero-order valence-corrected chi connectivity index (χ0v) is 13.9. The molecule has 0 amide bonds. The number of hydrogen-bond acceptors (Lipinski definition) is 3. The molecule has 0 aliphatic heterocycles. The average Bonchev–Trinajstić information content (AvgIpc) is 2.47. The molecule has 2 rings (SSSR count). The molecule has 0 spiro atoms. The first-order chi connectivity index (χ1) is 10.5. The van der Waals surface area contributed by atoms with E-state index in [0.29, 0.717) is 5.75 Å². The zero-order chi connectivity index (χ0) is 16.1. The molecular weight excluding hydrogens is 346 g/mol. The van der Waals surface area contributed by atoms with Gasteiger partial charge >= 0.3 is 5.97 Å². The molecule has 0 unspecified atom stereocenters. The summed E-state index contributed by atoms with van der Waals surface area (Å²) in [5.41, 5.74) is 2.90. The molecule has 0 aliphatic carbocycles. The summed E-state index contributed by atoms with van der Waals surface area (Å²) < 4.78 is 6.30. The van der Waals surface area contributed by atoms with Crippen molar-refractivity contribution in [3.63, 3.8) is 0 Å². The van der Waals surface area contributed by atoms with Gasteiger partial charge in [0, 0.05) is 10.7 Å². The summed E-state index contributed by atoms with van der Waals surface area (Å²) in [5.74, 6) is -0.469. The van der Waals surface area contributed by atoms with E-state index < -0.39 is 12.1 Å². The van der Waals surface area contributed by atoms with Gasteiger partial charge in [-0.2, -0.15) is 0 Å². The van der Waals surface area contributed by atoms with Crippen LogP contribution in [0.15, 0.2) is 51.9 Å². The highest BCUT2D eigenvalue weighted by molar-refractivity contribution is 9.10. The summed E-state index contributed by atoms with van der Waals surface area (Å²) in [6.45, 7) is 3.50. The summed E-state index contributed by atoms with van der Waals surface area (Å²) in [6, 6.07) is 13.0. The molecule has 22 heavy (non-hydrogen) atoms. The molecule has 1 atom stereocenters. The Labute approximate surface area is 137 Å². The summed E-state index contributed by atoms with van der Waals surface area (Å²) in [5, 5.41) is 8.80. The lowest BCUT2D eigenvalue weighted by Gasteiger charge is -2.09. The Bertz CT molecular complexity index is 696. The Kier molecular flexibility index (Phi) is 5.33. The van der Waals surface area contributed by atoms with Gasteiger partial charge in [-0.3, -0.25) is 4.99 Å². The van der Waals surface area contributed by atoms with Crippen LogP contribution in [0, 0.1) is 6.92 Å². The Hall–Kier alpha value is -2.14. The Morgan fingerprint density at radius 2 is 1.95 bits per heavy atom. The average molecular weight is 362 g/mol. The molecule has 0 aliphatic rings. The van der Waals surface area contributed by atoms with Crippen LogP contribution in [0.4, 0.5) is 5.69 Å². The standard InChI is InChI=1S/C17H16BrNO3/c1-11-9-14(18)5-8-16(11)19-10-13-3-6-15(7-4-13)22-12(2)17(20)21/h3-10,12H,1-2H3,(H,20,21)/t12-/m0/s1. The van der Waals surface area contributed by atoms with E-state index in [1.807, 2.05) is 37.3 Å².